The molecule has 0 aromatic heterocycles. The minimum Gasteiger partial charge on any atom is -0.329 e. The lowest BCUT2D eigenvalue weighted by Crippen LogP contribution is -2.29. The van der Waals surface area contributed by atoms with Gasteiger partial charge in [0.1, 0.15) is 0 Å². The maximum absolute atomic E-state index is 5.48. The van der Waals surface area contributed by atoms with Gasteiger partial charge < -0.3 is 10.6 Å². The van der Waals surface area contributed by atoms with Crippen molar-refractivity contribution in [2.45, 2.75) is 34.1 Å². The number of rotatable bonds is 5. The molecule has 1 unspecified atom stereocenters. The molecule has 0 aromatic rings. The van der Waals surface area contributed by atoms with Crippen LogP contribution in [0.25, 0.3) is 0 Å². The number of hydrogen-bond acceptors (Lipinski definition) is 2. The Morgan fingerprint density at radius 2 is 1.77 bits per heavy atom. The number of nitrogens with two attached hydrogens (primary N) is 1. The van der Waals surface area contributed by atoms with Gasteiger partial charge in [0.25, 0.3) is 0 Å². The highest BCUT2D eigenvalue weighted by molar-refractivity contribution is 4.70. The highest BCUT2D eigenvalue weighted by Crippen LogP contribution is 2.27. The Bertz CT molecular complexity index is 127. The standard InChI is InChI=1S/C11H26N2/c1-10(11(2,3)4)6-8-13(5)9-7-12/h10H,6-9,12H2,1-5H3. The molecule has 0 spiro atoms. The van der Waals surface area contributed by atoms with Crippen LogP contribution in [0.4, 0.5) is 0 Å². The van der Waals surface area contributed by atoms with Gasteiger partial charge in [0.2, 0.25) is 0 Å². The third kappa shape index (κ3) is 6.05. The van der Waals surface area contributed by atoms with E-state index >= 15 is 0 Å². The van der Waals surface area contributed by atoms with Crippen LogP contribution in [0, 0.1) is 11.3 Å². The first kappa shape index (κ1) is 12.9. The fourth-order valence-corrected chi connectivity index (χ4v) is 1.18. The molecule has 2 N–H and O–H groups in total. The zero-order chi connectivity index (χ0) is 10.5. The fraction of sp³-hybridized carbons (Fsp3) is 1.00. The van der Waals surface area contributed by atoms with Crippen molar-refractivity contribution in [1.82, 2.24) is 4.90 Å². The van der Waals surface area contributed by atoms with E-state index in [-0.39, 0.29) is 0 Å². The molecule has 2 heteroatoms. The van der Waals surface area contributed by atoms with E-state index in [1.165, 1.54) is 6.42 Å². The lowest BCUT2D eigenvalue weighted by Gasteiger charge is -2.28. The van der Waals surface area contributed by atoms with Gasteiger partial charge in [-0.2, -0.15) is 0 Å². The zero-order valence-electron chi connectivity index (χ0n) is 9.93. The lowest BCUT2D eigenvalue weighted by atomic mass is 9.80. The molecule has 0 heterocycles. The molecule has 2 nitrogen and oxygen atoms in total. The third-order valence-corrected chi connectivity index (χ3v) is 2.93. The van der Waals surface area contributed by atoms with Crippen LogP contribution in [0.2, 0.25) is 0 Å². The summed E-state index contributed by atoms with van der Waals surface area (Å²) in [6, 6.07) is 0. The van der Waals surface area contributed by atoms with Crippen molar-refractivity contribution in [3.63, 3.8) is 0 Å². The quantitative estimate of drug-likeness (QED) is 0.711. The van der Waals surface area contributed by atoms with Crippen molar-refractivity contribution in [2.24, 2.45) is 17.1 Å². The van der Waals surface area contributed by atoms with Crippen LogP contribution in [0.1, 0.15) is 34.1 Å². The molecule has 0 fully saturated rings. The summed E-state index contributed by atoms with van der Waals surface area (Å²) in [6.45, 7) is 12.2. The van der Waals surface area contributed by atoms with Crippen molar-refractivity contribution >= 4 is 0 Å². The minimum absolute atomic E-state index is 0.434. The molecule has 0 rings (SSSR count). The largest absolute Gasteiger partial charge is 0.329 e. The van der Waals surface area contributed by atoms with Crippen LogP contribution in [0.5, 0.6) is 0 Å². The third-order valence-electron chi connectivity index (χ3n) is 2.93. The SMILES string of the molecule is CC(CCN(C)CCN)C(C)(C)C. The van der Waals surface area contributed by atoms with Gasteiger partial charge in [0.05, 0.1) is 0 Å². The highest BCUT2D eigenvalue weighted by atomic mass is 15.1. The molecule has 13 heavy (non-hydrogen) atoms. The topological polar surface area (TPSA) is 29.3 Å². The van der Waals surface area contributed by atoms with E-state index in [2.05, 4.69) is 39.6 Å². The van der Waals surface area contributed by atoms with E-state index in [9.17, 15) is 0 Å². The van der Waals surface area contributed by atoms with Gasteiger partial charge >= 0.3 is 0 Å². The molecular formula is C11H26N2. The number of hydrogen-bond donors (Lipinski definition) is 1. The summed E-state index contributed by atoms with van der Waals surface area (Å²) in [5, 5.41) is 0. The molecule has 0 aliphatic heterocycles. The maximum atomic E-state index is 5.48. The first-order valence-corrected chi connectivity index (χ1v) is 5.26. The van der Waals surface area contributed by atoms with Gasteiger partial charge in [-0.1, -0.05) is 27.7 Å². The molecule has 0 aliphatic carbocycles. The van der Waals surface area contributed by atoms with Crippen LogP contribution in [-0.4, -0.2) is 31.6 Å². The van der Waals surface area contributed by atoms with E-state index in [1.807, 2.05) is 0 Å². The predicted molar refractivity (Wildman–Crippen MR) is 59.8 cm³/mol. The van der Waals surface area contributed by atoms with Gasteiger partial charge in [0.15, 0.2) is 0 Å². The van der Waals surface area contributed by atoms with E-state index < -0.39 is 0 Å². The molecule has 0 saturated carbocycles. The summed E-state index contributed by atoms with van der Waals surface area (Å²) in [4.78, 5) is 2.31. The molecule has 0 aromatic carbocycles. The van der Waals surface area contributed by atoms with Gasteiger partial charge in [0, 0.05) is 13.1 Å². The first-order chi connectivity index (χ1) is 5.88. The fourth-order valence-electron chi connectivity index (χ4n) is 1.18. The minimum atomic E-state index is 0.434. The van der Waals surface area contributed by atoms with Crippen LogP contribution < -0.4 is 5.73 Å². The Balaban J connectivity index is 3.63. The first-order valence-electron chi connectivity index (χ1n) is 5.26. The van der Waals surface area contributed by atoms with Crippen molar-refractivity contribution in [1.29, 1.82) is 0 Å². The Morgan fingerprint density at radius 1 is 1.23 bits per heavy atom. The molecule has 80 valence electrons. The Morgan fingerprint density at radius 3 is 2.15 bits per heavy atom. The van der Waals surface area contributed by atoms with Crippen LogP contribution in [-0.2, 0) is 0 Å². The average molecular weight is 186 g/mol. The average Bonchev–Trinajstić information content (AvgIpc) is 1.99. The summed E-state index contributed by atoms with van der Waals surface area (Å²) in [5.41, 5.74) is 5.91. The van der Waals surface area contributed by atoms with E-state index in [0.29, 0.717) is 5.41 Å². The molecular weight excluding hydrogens is 160 g/mol. The molecule has 1 atom stereocenters. The van der Waals surface area contributed by atoms with E-state index in [1.54, 1.807) is 0 Å². The van der Waals surface area contributed by atoms with Crippen molar-refractivity contribution in [3.8, 4) is 0 Å². The van der Waals surface area contributed by atoms with Crippen LogP contribution in [0.15, 0.2) is 0 Å². The number of likely N-dealkylation sites (N-methyl/N-ethyl adjacent to an activating group) is 1. The Hall–Kier alpha value is -0.0800. The summed E-state index contributed by atoms with van der Waals surface area (Å²) in [5.74, 6) is 0.771. The Labute approximate surface area is 83.5 Å². The number of nitrogens with zero attached hydrogens (tertiary/aromatic N) is 1. The monoisotopic (exact) mass is 186 g/mol. The lowest BCUT2D eigenvalue weighted by molar-refractivity contribution is 0.214. The van der Waals surface area contributed by atoms with Gasteiger partial charge in [-0.25, -0.2) is 0 Å². The van der Waals surface area contributed by atoms with Gasteiger partial charge in [-0.15, -0.1) is 0 Å². The molecule has 0 aliphatic rings. The van der Waals surface area contributed by atoms with Crippen LogP contribution >= 0.6 is 0 Å². The molecule has 0 saturated heterocycles. The second-order valence-corrected chi connectivity index (χ2v) is 5.15. The van der Waals surface area contributed by atoms with Gasteiger partial charge in [-0.3, -0.25) is 0 Å². The van der Waals surface area contributed by atoms with Crippen LogP contribution in [0.3, 0.4) is 0 Å². The zero-order valence-corrected chi connectivity index (χ0v) is 9.93. The summed E-state index contributed by atoms with van der Waals surface area (Å²) in [6.07, 6.45) is 1.26. The molecule has 0 radical (unpaired) electrons. The van der Waals surface area contributed by atoms with Crippen molar-refractivity contribution < 1.29 is 0 Å². The van der Waals surface area contributed by atoms with E-state index in [4.69, 9.17) is 5.73 Å². The second kappa shape index (κ2) is 5.61. The molecule has 0 bridgehead atoms. The highest BCUT2D eigenvalue weighted by Gasteiger charge is 2.19. The maximum Gasteiger partial charge on any atom is 0.0102 e. The summed E-state index contributed by atoms with van der Waals surface area (Å²) >= 11 is 0. The normalized spacial score (nSPS) is 15.0. The van der Waals surface area contributed by atoms with E-state index in [0.717, 1.165) is 25.6 Å². The second-order valence-electron chi connectivity index (χ2n) is 5.15. The summed E-state index contributed by atoms with van der Waals surface area (Å²) in [7, 11) is 2.14. The smallest absolute Gasteiger partial charge is 0.0102 e. The predicted octanol–water partition coefficient (Wildman–Crippen LogP) is 1.95. The van der Waals surface area contributed by atoms with Gasteiger partial charge in [-0.05, 0) is 31.3 Å². The molecule has 0 amide bonds. The van der Waals surface area contributed by atoms with Crippen molar-refractivity contribution in [2.75, 3.05) is 26.7 Å². The van der Waals surface area contributed by atoms with Crippen molar-refractivity contribution in [3.05, 3.63) is 0 Å². The Kier molecular flexibility index (Phi) is 5.57. The summed E-state index contributed by atoms with van der Waals surface area (Å²) < 4.78 is 0.